The summed E-state index contributed by atoms with van der Waals surface area (Å²) >= 11 is 0. The van der Waals surface area contributed by atoms with E-state index in [-0.39, 0.29) is 17.4 Å². The molecule has 0 aliphatic carbocycles. The summed E-state index contributed by atoms with van der Waals surface area (Å²) in [7, 11) is 0. The average molecular weight is 346 g/mol. The monoisotopic (exact) mass is 346 g/mol. The van der Waals surface area contributed by atoms with Gasteiger partial charge in [-0.05, 0) is 24.3 Å². The molecule has 8 heteroatoms. The van der Waals surface area contributed by atoms with Gasteiger partial charge in [-0.1, -0.05) is 36.4 Å². The van der Waals surface area contributed by atoms with Crippen LogP contribution in [0.5, 0.6) is 0 Å². The van der Waals surface area contributed by atoms with E-state index in [1.807, 2.05) is 24.3 Å². The lowest BCUT2D eigenvalue weighted by atomic mass is 10.3. The number of carbonyl (C=O) groups excluding carboxylic acids is 1. The molecule has 0 aliphatic heterocycles. The third-order valence-electron chi connectivity index (χ3n) is 3.75. The summed E-state index contributed by atoms with van der Waals surface area (Å²) in [6, 6.07) is 19.2. The lowest BCUT2D eigenvalue weighted by Crippen LogP contribution is -2.22. The van der Waals surface area contributed by atoms with Crippen molar-refractivity contribution in [2.24, 2.45) is 0 Å². The fourth-order valence-corrected chi connectivity index (χ4v) is 2.61. The standard InChI is InChI=1S/C18H14N6O2/c19-14-11-15(25)23-16(17(26)20-12-7-3-1-4-8-12)22-24(18(23)21-14)13-9-5-2-6-10-13/h1-11H,19H2,(H,20,26). The van der Waals surface area contributed by atoms with Crippen molar-refractivity contribution < 1.29 is 4.79 Å². The number of nitrogens with two attached hydrogens (primary N) is 1. The summed E-state index contributed by atoms with van der Waals surface area (Å²) in [6.07, 6.45) is 0. The maximum Gasteiger partial charge on any atom is 0.294 e. The van der Waals surface area contributed by atoms with Crippen LogP contribution in [0.1, 0.15) is 10.6 Å². The zero-order valence-electron chi connectivity index (χ0n) is 13.5. The first kappa shape index (κ1) is 15.6. The van der Waals surface area contributed by atoms with Crippen molar-refractivity contribution in [3.05, 3.63) is 82.9 Å². The number of anilines is 2. The molecule has 4 rings (SSSR count). The molecule has 0 unspecified atom stereocenters. The van der Waals surface area contributed by atoms with E-state index < -0.39 is 11.5 Å². The number of nitrogens with one attached hydrogen (secondary N) is 1. The Morgan fingerprint density at radius 2 is 1.65 bits per heavy atom. The van der Waals surface area contributed by atoms with Crippen LogP contribution in [0.25, 0.3) is 11.5 Å². The molecule has 0 bridgehead atoms. The number of benzene rings is 2. The summed E-state index contributed by atoms with van der Waals surface area (Å²) < 4.78 is 2.55. The Morgan fingerprint density at radius 3 is 2.35 bits per heavy atom. The van der Waals surface area contributed by atoms with E-state index in [4.69, 9.17) is 5.73 Å². The Morgan fingerprint density at radius 1 is 1.00 bits per heavy atom. The molecule has 0 radical (unpaired) electrons. The van der Waals surface area contributed by atoms with Gasteiger partial charge in [-0.25, -0.2) is 4.40 Å². The molecule has 2 aromatic heterocycles. The molecule has 0 fully saturated rings. The SMILES string of the molecule is Nc1cc(=O)n2c(C(=O)Nc3ccccc3)nn(-c3ccccc3)c2n1. The minimum absolute atomic E-state index is 0.0575. The van der Waals surface area contributed by atoms with Crippen LogP contribution in [-0.2, 0) is 0 Å². The quantitative estimate of drug-likeness (QED) is 0.587. The van der Waals surface area contributed by atoms with Crippen LogP contribution in [0.3, 0.4) is 0 Å². The summed E-state index contributed by atoms with van der Waals surface area (Å²) in [5, 5.41) is 7.03. The second kappa shape index (κ2) is 6.17. The third kappa shape index (κ3) is 2.69. The maximum absolute atomic E-state index is 12.7. The van der Waals surface area contributed by atoms with Crippen molar-refractivity contribution in [3.63, 3.8) is 0 Å². The van der Waals surface area contributed by atoms with E-state index in [2.05, 4.69) is 15.4 Å². The molecule has 128 valence electrons. The predicted octanol–water partition coefficient (Wildman–Crippen LogP) is 1.71. The molecule has 4 aromatic rings. The fourth-order valence-electron chi connectivity index (χ4n) is 2.61. The van der Waals surface area contributed by atoms with Crippen LogP contribution in [0.15, 0.2) is 71.5 Å². The van der Waals surface area contributed by atoms with Gasteiger partial charge in [0.1, 0.15) is 5.82 Å². The van der Waals surface area contributed by atoms with Gasteiger partial charge >= 0.3 is 0 Å². The van der Waals surface area contributed by atoms with Gasteiger partial charge in [0.15, 0.2) is 0 Å². The number of rotatable bonds is 3. The number of fused-ring (bicyclic) bond motifs is 1. The van der Waals surface area contributed by atoms with Crippen molar-refractivity contribution in [2.45, 2.75) is 0 Å². The predicted molar refractivity (Wildman–Crippen MR) is 97.4 cm³/mol. The minimum Gasteiger partial charge on any atom is -0.383 e. The summed E-state index contributed by atoms with van der Waals surface area (Å²) in [4.78, 5) is 29.3. The van der Waals surface area contributed by atoms with E-state index in [9.17, 15) is 9.59 Å². The molecule has 0 aliphatic rings. The number of hydrogen-bond donors (Lipinski definition) is 2. The van der Waals surface area contributed by atoms with Crippen molar-refractivity contribution in [1.29, 1.82) is 0 Å². The highest BCUT2D eigenvalue weighted by molar-refractivity contribution is 6.02. The van der Waals surface area contributed by atoms with E-state index >= 15 is 0 Å². The van der Waals surface area contributed by atoms with Crippen LogP contribution in [-0.4, -0.2) is 25.1 Å². The van der Waals surface area contributed by atoms with Crippen LogP contribution in [0.4, 0.5) is 11.5 Å². The molecule has 26 heavy (non-hydrogen) atoms. The van der Waals surface area contributed by atoms with Gasteiger partial charge in [0.05, 0.1) is 5.69 Å². The molecule has 0 saturated heterocycles. The summed E-state index contributed by atoms with van der Waals surface area (Å²) in [5.74, 6) is -0.378. The molecule has 0 spiro atoms. The van der Waals surface area contributed by atoms with Crippen molar-refractivity contribution >= 4 is 23.2 Å². The topological polar surface area (TPSA) is 107 Å². The first-order chi connectivity index (χ1) is 12.6. The molecule has 0 atom stereocenters. The van der Waals surface area contributed by atoms with E-state index in [1.54, 1.807) is 36.4 Å². The van der Waals surface area contributed by atoms with Crippen molar-refractivity contribution in [1.82, 2.24) is 19.2 Å². The number of hydrogen-bond acceptors (Lipinski definition) is 5. The van der Waals surface area contributed by atoms with Gasteiger partial charge in [-0.15, -0.1) is 5.10 Å². The lowest BCUT2D eigenvalue weighted by Gasteiger charge is -2.02. The zero-order chi connectivity index (χ0) is 18.1. The summed E-state index contributed by atoms with van der Waals surface area (Å²) in [6.45, 7) is 0. The average Bonchev–Trinajstić information content (AvgIpc) is 3.03. The molecule has 2 heterocycles. The maximum atomic E-state index is 12.7. The molecule has 0 saturated carbocycles. The Labute approximate surface area is 147 Å². The van der Waals surface area contributed by atoms with Gasteiger partial charge in [-0.2, -0.15) is 9.67 Å². The fraction of sp³-hybridized carbons (Fsp3) is 0. The van der Waals surface area contributed by atoms with Crippen LogP contribution in [0.2, 0.25) is 0 Å². The second-order valence-electron chi connectivity index (χ2n) is 5.55. The number of amides is 1. The number of carbonyl (C=O) groups is 1. The smallest absolute Gasteiger partial charge is 0.294 e. The van der Waals surface area contributed by atoms with Gasteiger partial charge < -0.3 is 11.1 Å². The van der Waals surface area contributed by atoms with E-state index in [0.717, 1.165) is 10.5 Å². The van der Waals surface area contributed by atoms with Crippen molar-refractivity contribution in [3.8, 4) is 5.69 Å². The minimum atomic E-state index is -0.524. The Bertz CT molecular complexity index is 1150. The molecular weight excluding hydrogens is 332 g/mol. The van der Waals surface area contributed by atoms with Gasteiger partial charge in [0.25, 0.3) is 11.5 Å². The Hall–Kier alpha value is -3.94. The van der Waals surface area contributed by atoms with Crippen LogP contribution in [0, 0.1) is 0 Å². The van der Waals surface area contributed by atoms with Gasteiger partial charge in [-0.3, -0.25) is 9.59 Å². The van der Waals surface area contributed by atoms with E-state index in [0.29, 0.717) is 11.4 Å². The molecule has 3 N–H and O–H groups in total. The molecular formula is C18H14N6O2. The zero-order valence-corrected chi connectivity index (χ0v) is 13.5. The number of para-hydroxylation sites is 2. The van der Waals surface area contributed by atoms with E-state index in [1.165, 1.54) is 4.68 Å². The third-order valence-corrected chi connectivity index (χ3v) is 3.75. The number of nitrogen functional groups attached to an aromatic ring is 1. The highest BCUT2D eigenvalue weighted by Gasteiger charge is 2.21. The van der Waals surface area contributed by atoms with Crippen LogP contribution < -0.4 is 16.6 Å². The number of nitrogens with zero attached hydrogens (tertiary/aromatic N) is 4. The van der Waals surface area contributed by atoms with Gasteiger partial charge in [0.2, 0.25) is 11.6 Å². The Kier molecular flexibility index (Phi) is 3.70. The molecule has 8 nitrogen and oxygen atoms in total. The first-order valence-electron chi connectivity index (χ1n) is 7.83. The van der Waals surface area contributed by atoms with Gasteiger partial charge in [0, 0.05) is 11.8 Å². The second-order valence-corrected chi connectivity index (χ2v) is 5.55. The molecule has 1 amide bonds. The summed E-state index contributed by atoms with van der Waals surface area (Å²) in [5.41, 5.74) is 6.48. The number of aromatic nitrogens is 4. The highest BCUT2D eigenvalue weighted by Crippen LogP contribution is 2.14. The largest absolute Gasteiger partial charge is 0.383 e. The van der Waals surface area contributed by atoms with Crippen molar-refractivity contribution in [2.75, 3.05) is 11.1 Å². The first-order valence-corrected chi connectivity index (χ1v) is 7.83. The highest BCUT2D eigenvalue weighted by atomic mass is 16.2. The lowest BCUT2D eigenvalue weighted by molar-refractivity contribution is 0.101. The molecule has 2 aromatic carbocycles. The normalized spacial score (nSPS) is 10.8. The Balaban J connectivity index is 1.90. The van der Waals surface area contributed by atoms with Crippen LogP contribution >= 0.6 is 0 Å².